The van der Waals surface area contributed by atoms with Crippen LogP contribution in [0, 0.1) is 10.1 Å². The molecule has 2 fully saturated rings. The third-order valence-electron chi connectivity index (χ3n) is 5.34. The minimum atomic E-state index is -0.741. The summed E-state index contributed by atoms with van der Waals surface area (Å²) in [5, 5.41) is 23.8. The van der Waals surface area contributed by atoms with Gasteiger partial charge in [0.05, 0.1) is 16.5 Å². The second-order valence-electron chi connectivity index (χ2n) is 6.97. The number of nitro groups is 1. The fourth-order valence-corrected chi connectivity index (χ4v) is 4.89. The summed E-state index contributed by atoms with van der Waals surface area (Å²) in [7, 11) is 0. The van der Waals surface area contributed by atoms with Crippen LogP contribution < -0.4 is 0 Å². The van der Waals surface area contributed by atoms with Crippen LogP contribution >= 0.6 is 11.3 Å². The van der Waals surface area contributed by atoms with E-state index in [9.17, 15) is 24.8 Å². The van der Waals surface area contributed by atoms with Gasteiger partial charge in [-0.3, -0.25) is 19.7 Å². The highest BCUT2D eigenvalue weighted by molar-refractivity contribution is 7.10. The monoisotopic (exact) mass is 398 g/mol. The SMILES string of the molecule is O=C1C(=O)N(C2CCCC2)C(c2cccs2)/C1=C(/O)c1cccc([N+](=O)[O-])c1. The van der Waals surface area contributed by atoms with E-state index in [2.05, 4.69) is 0 Å². The number of ketones is 1. The van der Waals surface area contributed by atoms with Gasteiger partial charge in [-0.15, -0.1) is 11.3 Å². The van der Waals surface area contributed by atoms with Gasteiger partial charge in [-0.05, 0) is 24.3 Å². The lowest BCUT2D eigenvalue weighted by Crippen LogP contribution is -2.37. The first-order valence-corrected chi connectivity index (χ1v) is 9.95. The van der Waals surface area contributed by atoms with E-state index in [1.165, 1.54) is 35.6 Å². The Labute approximate surface area is 165 Å². The molecule has 1 aromatic heterocycles. The molecule has 1 atom stereocenters. The average molecular weight is 398 g/mol. The predicted molar refractivity (Wildman–Crippen MR) is 104 cm³/mol. The predicted octanol–water partition coefficient (Wildman–Crippen LogP) is 4.02. The zero-order chi connectivity index (χ0) is 19.8. The van der Waals surface area contributed by atoms with Gasteiger partial charge in [0.15, 0.2) is 0 Å². The third-order valence-corrected chi connectivity index (χ3v) is 6.27. The van der Waals surface area contributed by atoms with Gasteiger partial charge in [0.2, 0.25) is 0 Å². The molecule has 4 rings (SSSR count). The summed E-state index contributed by atoms with van der Waals surface area (Å²) in [6.45, 7) is 0. The maximum Gasteiger partial charge on any atom is 0.295 e. The van der Waals surface area contributed by atoms with E-state index >= 15 is 0 Å². The molecule has 1 unspecified atom stereocenters. The van der Waals surface area contributed by atoms with Gasteiger partial charge in [0, 0.05) is 28.6 Å². The Morgan fingerprint density at radius 2 is 1.93 bits per heavy atom. The molecule has 0 spiro atoms. The molecule has 1 aromatic carbocycles. The van der Waals surface area contributed by atoms with E-state index in [-0.39, 0.29) is 28.6 Å². The highest BCUT2D eigenvalue weighted by Gasteiger charge is 2.49. The van der Waals surface area contributed by atoms with E-state index in [1.54, 1.807) is 4.90 Å². The van der Waals surface area contributed by atoms with E-state index in [0.29, 0.717) is 0 Å². The van der Waals surface area contributed by atoms with Crippen LogP contribution in [0.5, 0.6) is 0 Å². The lowest BCUT2D eigenvalue weighted by Gasteiger charge is -2.29. The molecular formula is C20H18N2O5S. The molecule has 8 heteroatoms. The second kappa shape index (κ2) is 7.20. The Morgan fingerprint density at radius 1 is 1.18 bits per heavy atom. The largest absolute Gasteiger partial charge is 0.507 e. The summed E-state index contributed by atoms with van der Waals surface area (Å²) in [4.78, 5) is 38.6. The average Bonchev–Trinajstić information content (AvgIpc) is 3.43. The Morgan fingerprint density at radius 3 is 2.57 bits per heavy atom. The summed E-state index contributed by atoms with van der Waals surface area (Å²) in [5.41, 5.74) is -0.0400. The summed E-state index contributed by atoms with van der Waals surface area (Å²) < 4.78 is 0. The number of amides is 1. The lowest BCUT2D eigenvalue weighted by atomic mass is 9.99. The molecule has 28 heavy (non-hydrogen) atoms. The number of hydrogen-bond acceptors (Lipinski definition) is 6. The van der Waals surface area contributed by atoms with Crippen molar-refractivity contribution >= 4 is 34.5 Å². The molecule has 2 aliphatic rings. The quantitative estimate of drug-likeness (QED) is 0.276. The molecule has 1 saturated heterocycles. The summed E-state index contributed by atoms with van der Waals surface area (Å²) in [6, 6.07) is 8.43. The van der Waals surface area contributed by atoms with Gasteiger partial charge in [0.25, 0.3) is 17.4 Å². The zero-order valence-corrected chi connectivity index (χ0v) is 15.7. The van der Waals surface area contributed by atoms with Crippen LogP contribution in [0.25, 0.3) is 5.76 Å². The first kappa shape index (κ1) is 18.4. The Balaban J connectivity index is 1.86. The molecule has 0 bridgehead atoms. The van der Waals surface area contributed by atoms with Crippen molar-refractivity contribution in [1.82, 2.24) is 4.90 Å². The number of hydrogen-bond donors (Lipinski definition) is 1. The number of thiophene rings is 1. The van der Waals surface area contributed by atoms with Crippen molar-refractivity contribution in [3.05, 3.63) is 67.9 Å². The van der Waals surface area contributed by atoms with E-state index in [0.717, 1.165) is 30.6 Å². The molecule has 7 nitrogen and oxygen atoms in total. The fraction of sp³-hybridized carbons (Fsp3) is 0.300. The summed E-state index contributed by atoms with van der Waals surface area (Å²) >= 11 is 1.41. The van der Waals surface area contributed by atoms with Crippen molar-refractivity contribution < 1.29 is 19.6 Å². The van der Waals surface area contributed by atoms with Crippen LogP contribution in [0.2, 0.25) is 0 Å². The Bertz CT molecular complexity index is 976. The number of benzene rings is 1. The number of non-ortho nitro benzene ring substituents is 1. The van der Waals surface area contributed by atoms with Crippen LogP contribution in [0.15, 0.2) is 47.4 Å². The number of nitro benzene ring substituents is 1. The van der Waals surface area contributed by atoms with Gasteiger partial charge in [-0.1, -0.05) is 31.0 Å². The van der Waals surface area contributed by atoms with Crippen molar-refractivity contribution in [3.8, 4) is 0 Å². The first-order valence-electron chi connectivity index (χ1n) is 9.07. The Kier molecular flexibility index (Phi) is 4.72. The molecule has 0 radical (unpaired) electrons. The van der Waals surface area contributed by atoms with Crippen LogP contribution in [0.1, 0.15) is 42.2 Å². The number of nitrogens with zero attached hydrogens (tertiary/aromatic N) is 2. The smallest absolute Gasteiger partial charge is 0.295 e. The highest BCUT2D eigenvalue weighted by atomic mass is 32.1. The lowest BCUT2D eigenvalue weighted by molar-refractivity contribution is -0.384. The number of carbonyl (C=O) groups excluding carboxylic acids is 2. The number of rotatable bonds is 4. The molecule has 1 saturated carbocycles. The standard InChI is InChI=1S/C20H18N2O5S/c23-18(12-5-3-8-14(11-12)22(26)27)16-17(15-9-4-10-28-15)21(20(25)19(16)24)13-6-1-2-7-13/h3-5,8-11,13,17,23H,1-2,6-7H2/b18-16-. The van der Waals surface area contributed by atoms with Crippen molar-refractivity contribution in [2.45, 2.75) is 37.8 Å². The maximum absolute atomic E-state index is 12.9. The molecule has 1 aliphatic carbocycles. The molecule has 2 aromatic rings. The normalized spacial score (nSPS) is 22.1. The number of aliphatic hydroxyl groups excluding tert-OH is 1. The van der Waals surface area contributed by atoms with Crippen LogP contribution in [0.4, 0.5) is 5.69 Å². The van der Waals surface area contributed by atoms with E-state index in [1.807, 2.05) is 17.5 Å². The van der Waals surface area contributed by atoms with Crippen molar-refractivity contribution in [3.63, 3.8) is 0 Å². The molecule has 1 aliphatic heterocycles. The minimum absolute atomic E-state index is 0.000141. The molecule has 144 valence electrons. The Hall–Kier alpha value is -3.00. The van der Waals surface area contributed by atoms with Crippen molar-refractivity contribution in [2.75, 3.05) is 0 Å². The van der Waals surface area contributed by atoms with Gasteiger partial charge in [0.1, 0.15) is 5.76 Å². The molecule has 1 N–H and O–H groups in total. The van der Waals surface area contributed by atoms with Gasteiger partial charge in [-0.2, -0.15) is 0 Å². The topological polar surface area (TPSA) is 101 Å². The number of carbonyl (C=O) groups is 2. The van der Waals surface area contributed by atoms with Gasteiger partial charge in [-0.25, -0.2) is 0 Å². The van der Waals surface area contributed by atoms with Gasteiger partial charge < -0.3 is 10.0 Å². The molecular weight excluding hydrogens is 380 g/mol. The summed E-state index contributed by atoms with van der Waals surface area (Å²) in [6.07, 6.45) is 3.64. The number of aliphatic hydroxyl groups is 1. The zero-order valence-electron chi connectivity index (χ0n) is 14.9. The van der Waals surface area contributed by atoms with Crippen molar-refractivity contribution in [1.29, 1.82) is 0 Å². The van der Waals surface area contributed by atoms with Crippen molar-refractivity contribution in [2.24, 2.45) is 0 Å². The van der Waals surface area contributed by atoms with E-state index in [4.69, 9.17) is 0 Å². The minimum Gasteiger partial charge on any atom is -0.507 e. The van der Waals surface area contributed by atoms with Crippen LogP contribution in [-0.2, 0) is 9.59 Å². The second-order valence-corrected chi connectivity index (χ2v) is 7.95. The van der Waals surface area contributed by atoms with Crippen LogP contribution in [-0.4, -0.2) is 32.7 Å². The van der Waals surface area contributed by atoms with E-state index < -0.39 is 22.7 Å². The number of likely N-dealkylation sites (tertiary alicyclic amines) is 1. The summed E-state index contributed by atoms with van der Waals surface area (Å²) in [5.74, 6) is -1.73. The fourth-order valence-electron chi connectivity index (χ4n) is 4.06. The maximum atomic E-state index is 12.9. The van der Waals surface area contributed by atoms with Gasteiger partial charge >= 0.3 is 0 Å². The molecule has 2 heterocycles. The molecule has 1 amide bonds. The first-order chi connectivity index (χ1) is 13.5. The highest BCUT2D eigenvalue weighted by Crippen LogP contribution is 2.44. The number of Topliss-reactive ketones (excluding diaryl/α,β-unsaturated/α-hetero) is 1. The third kappa shape index (κ3) is 2.99. The van der Waals surface area contributed by atoms with Crippen LogP contribution in [0.3, 0.4) is 0 Å².